The summed E-state index contributed by atoms with van der Waals surface area (Å²) >= 11 is 0. The van der Waals surface area contributed by atoms with Crippen molar-refractivity contribution in [3.63, 3.8) is 0 Å². The van der Waals surface area contributed by atoms with Crippen LogP contribution in [0.3, 0.4) is 0 Å². The van der Waals surface area contributed by atoms with E-state index >= 15 is 0 Å². The van der Waals surface area contributed by atoms with E-state index in [0.29, 0.717) is 19.2 Å². The van der Waals surface area contributed by atoms with Crippen LogP contribution in [0.4, 0.5) is 0 Å². The third-order valence-corrected chi connectivity index (χ3v) is 4.41. The molecule has 1 aliphatic heterocycles. The van der Waals surface area contributed by atoms with E-state index in [1.807, 2.05) is 21.8 Å². The molecule has 116 valence electrons. The maximum atomic E-state index is 12.4. The third-order valence-electron chi connectivity index (χ3n) is 4.41. The SMILES string of the molecule is O=C(CNCCn1cccn1)N1CCO[C@H]2CCCC[C@H]21. The quantitative estimate of drug-likeness (QED) is 0.809. The average Bonchev–Trinajstić information content (AvgIpc) is 3.04. The molecule has 1 aromatic rings. The van der Waals surface area contributed by atoms with Gasteiger partial charge in [-0.1, -0.05) is 12.8 Å². The van der Waals surface area contributed by atoms with Crippen molar-refractivity contribution in [3.8, 4) is 0 Å². The lowest BCUT2D eigenvalue weighted by atomic mass is 9.90. The van der Waals surface area contributed by atoms with Gasteiger partial charge in [0.25, 0.3) is 0 Å². The Morgan fingerprint density at radius 2 is 2.29 bits per heavy atom. The van der Waals surface area contributed by atoms with Gasteiger partial charge < -0.3 is 15.0 Å². The number of fused-ring (bicyclic) bond motifs is 1. The zero-order chi connectivity index (χ0) is 14.5. The maximum Gasteiger partial charge on any atom is 0.236 e. The molecule has 0 radical (unpaired) electrons. The third kappa shape index (κ3) is 3.63. The van der Waals surface area contributed by atoms with Gasteiger partial charge in [0.1, 0.15) is 0 Å². The summed E-state index contributed by atoms with van der Waals surface area (Å²) in [7, 11) is 0. The number of carbonyl (C=O) groups is 1. The first-order valence-corrected chi connectivity index (χ1v) is 7.94. The normalized spacial score (nSPS) is 25.6. The summed E-state index contributed by atoms with van der Waals surface area (Å²) in [5.74, 6) is 0.204. The van der Waals surface area contributed by atoms with Crippen molar-refractivity contribution in [1.82, 2.24) is 20.0 Å². The van der Waals surface area contributed by atoms with Gasteiger partial charge in [0.15, 0.2) is 0 Å². The Labute approximate surface area is 125 Å². The number of hydrogen-bond acceptors (Lipinski definition) is 4. The summed E-state index contributed by atoms with van der Waals surface area (Å²) in [5.41, 5.74) is 0. The molecule has 2 aliphatic rings. The van der Waals surface area contributed by atoms with Crippen LogP contribution in [0.25, 0.3) is 0 Å². The van der Waals surface area contributed by atoms with Crippen LogP contribution in [0.2, 0.25) is 0 Å². The zero-order valence-corrected chi connectivity index (χ0v) is 12.4. The van der Waals surface area contributed by atoms with E-state index < -0.39 is 0 Å². The molecule has 1 aromatic heterocycles. The molecule has 1 saturated carbocycles. The van der Waals surface area contributed by atoms with Crippen molar-refractivity contribution in [2.75, 3.05) is 26.2 Å². The number of morpholine rings is 1. The molecule has 6 heteroatoms. The van der Waals surface area contributed by atoms with Crippen LogP contribution < -0.4 is 5.32 Å². The standard InChI is InChI=1S/C15H24N4O2/c20-15(12-16-7-9-18-8-3-6-17-18)19-10-11-21-14-5-2-1-4-13(14)19/h3,6,8,13-14,16H,1-2,4-5,7,9-12H2/t13-,14+/m1/s1. The fraction of sp³-hybridized carbons (Fsp3) is 0.733. The second-order valence-corrected chi connectivity index (χ2v) is 5.79. The van der Waals surface area contributed by atoms with Crippen LogP contribution in [0.1, 0.15) is 25.7 Å². The number of amides is 1. The number of nitrogens with zero attached hydrogens (tertiary/aromatic N) is 3. The van der Waals surface area contributed by atoms with Gasteiger partial charge in [-0.25, -0.2) is 0 Å². The van der Waals surface area contributed by atoms with E-state index in [2.05, 4.69) is 10.4 Å². The molecule has 1 amide bonds. The highest BCUT2D eigenvalue weighted by molar-refractivity contribution is 5.78. The van der Waals surface area contributed by atoms with Crippen LogP contribution >= 0.6 is 0 Å². The number of carbonyl (C=O) groups excluding carboxylic acids is 1. The highest BCUT2D eigenvalue weighted by atomic mass is 16.5. The molecule has 1 aliphatic carbocycles. The molecular weight excluding hydrogens is 268 g/mol. The first kappa shape index (κ1) is 14.5. The summed E-state index contributed by atoms with van der Waals surface area (Å²) < 4.78 is 7.68. The predicted octanol–water partition coefficient (Wildman–Crippen LogP) is 0.643. The van der Waals surface area contributed by atoms with E-state index in [0.717, 1.165) is 32.5 Å². The van der Waals surface area contributed by atoms with Gasteiger partial charge in [0, 0.05) is 25.5 Å². The van der Waals surface area contributed by atoms with Crippen molar-refractivity contribution in [2.45, 2.75) is 44.4 Å². The van der Waals surface area contributed by atoms with Gasteiger partial charge in [-0.2, -0.15) is 5.10 Å². The summed E-state index contributed by atoms with van der Waals surface area (Å²) in [4.78, 5) is 14.4. The Balaban J connectivity index is 1.43. The first-order chi connectivity index (χ1) is 10.3. The monoisotopic (exact) mass is 292 g/mol. The summed E-state index contributed by atoms with van der Waals surface area (Å²) in [6.45, 7) is 3.37. The van der Waals surface area contributed by atoms with Gasteiger partial charge >= 0.3 is 0 Å². The molecule has 2 atom stereocenters. The second kappa shape index (κ2) is 7.04. The van der Waals surface area contributed by atoms with E-state index in [4.69, 9.17) is 4.74 Å². The number of hydrogen-bond donors (Lipinski definition) is 1. The maximum absolute atomic E-state index is 12.4. The lowest BCUT2D eigenvalue weighted by molar-refractivity contribution is -0.148. The predicted molar refractivity (Wildman–Crippen MR) is 78.8 cm³/mol. The van der Waals surface area contributed by atoms with E-state index in [1.54, 1.807) is 6.20 Å². The lowest BCUT2D eigenvalue weighted by Gasteiger charge is -2.43. The smallest absolute Gasteiger partial charge is 0.236 e. The highest BCUT2D eigenvalue weighted by Gasteiger charge is 2.36. The van der Waals surface area contributed by atoms with E-state index in [1.165, 1.54) is 12.8 Å². The largest absolute Gasteiger partial charge is 0.374 e. The second-order valence-electron chi connectivity index (χ2n) is 5.79. The van der Waals surface area contributed by atoms with Crippen LogP contribution in [-0.4, -0.2) is 59.0 Å². The van der Waals surface area contributed by atoms with Crippen molar-refractivity contribution in [1.29, 1.82) is 0 Å². The molecule has 21 heavy (non-hydrogen) atoms. The summed E-state index contributed by atoms with van der Waals surface area (Å²) in [5, 5.41) is 7.36. The molecule has 0 aromatic carbocycles. The Morgan fingerprint density at radius 1 is 1.38 bits per heavy atom. The van der Waals surface area contributed by atoms with Crippen LogP contribution in [0.5, 0.6) is 0 Å². The number of rotatable bonds is 5. The Hall–Kier alpha value is -1.40. The van der Waals surface area contributed by atoms with Gasteiger partial charge in [-0.05, 0) is 18.9 Å². The fourth-order valence-electron chi connectivity index (χ4n) is 3.33. The Kier molecular flexibility index (Phi) is 4.87. The minimum Gasteiger partial charge on any atom is -0.374 e. The van der Waals surface area contributed by atoms with Crippen molar-refractivity contribution in [3.05, 3.63) is 18.5 Å². The molecule has 2 fully saturated rings. The van der Waals surface area contributed by atoms with Crippen molar-refractivity contribution < 1.29 is 9.53 Å². The summed E-state index contributed by atoms with van der Waals surface area (Å²) in [6.07, 6.45) is 8.58. The minimum atomic E-state index is 0.204. The van der Waals surface area contributed by atoms with E-state index in [-0.39, 0.29) is 12.0 Å². The zero-order valence-electron chi connectivity index (χ0n) is 12.4. The van der Waals surface area contributed by atoms with Gasteiger partial charge in [0.2, 0.25) is 5.91 Å². The molecule has 0 bridgehead atoms. The minimum absolute atomic E-state index is 0.204. The molecule has 1 saturated heterocycles. The number of aromatic nitrogens is 2. The first-order valence-electron chi connectivity index (χ1n) is 7.94. The fourth-order valence-corrected chi connectivity index (χ4v) is 3.33. The highest BCUT2D eigenvalue weighted by Crippen LogP contribution is 2.28. The van der Waals surface area contributed by atoms with Gasteiger partial charge in [-0.3, -0.25) is 9.48 Å². The molecule has 2 heterocycles. The molecule has 1 N–H and O–H groups in total. The van der Waals surface area contributed by atoms with Crippen LogP contribution in [-0.2, 0) is 16.1 Å². The topological polar surface area (TPSA) is 59.4 Å². The Bertz CT molecular complexity index is 447. The van der Waals surface area contributed by atoms with Gasteiger partial charge in [0.05, 0.1) is 31.8 Å². The molecule has 0 spiro atoms. The van der Waals surface area contributed by atoms with Crippen LogP contribution in [0.15, 0.2) is 18.5 Å². The molecule has 0 unspecified atom stereocenters. The average molecular weight is 292 g/mol. The van der Waals surface area contributed by atoms with Crippen LogP contribution in [0, 0.1) is 0 Å². The summed E-state index contributed by atoms with van der Waals surface area (Å²) in [6, 6.07) is 2.20. The van der Waals surface area contributed by atoms with Gasteiger partial charge in [-0.15, -0.1) is 0 Å². The number of nitrogens with one attached hydrogen (secondary N) is 1. The molecule has 6 nitrogen and oxygen atoms in total. The van der Waals surface area contributed by atoms with Crippen molar-refractivity contribution >= 4 is 5.91 Å². The van der Waals surface area contributed by atoms with E-state index in [9.17, 15) is 4.79 Å². The van der Waals surface area contributed by atoms with Crippen molar-refractivity contribution in [2.24, 2.45) is 0 Å². The molecular formula is C15H24N4O2. The number of ether oxygens (including phenoxy) is 1. The lowest BCUT2D eigenvalue weighted by Crippen LogP contribution is -2.56. The molecule has 3 rings (SSSR count). The Morgan fingerprint density at radius 3 is 3.14 bits per heavy atom.